The van der Waals surface area contributed by atoms with Crippen LogP contribution in [-0.2, 0) is 12.0 Å². The summed E-state index contributed by atoms with van der Waals surface area (Å²) in [4.78, 5) is 0. The highest BCUT2D eigenvalue weighted by Crippen LogP contribution is 2.26. The number of hydrogen-bond donors (Lipinski definition) is 1. The molecule has 0 spiro atoms. The van der Waals surface area contributed by atoms with Crippen LogP contribution in [0, 0.1) is 0 Å². The summed E-state index contributed by atoms with van der Waals surface area (Å²) in [6.07, 6.45) is 4.32. The van der Waals surface area contributed by atoms with Crippen LogP contribution in [-0.4, -0.2) is 15.3 Å². The lowest BCUT2D eigenvalue weighted by Gasteiger charge is -2.23. The van der Waals surface area contributed by atoms with Crippen LogP contribution in [0.4, 0.5) is 0 Å². The third-order valence-electron chi connectivity index (χ3n) is 3.13. The number of aliphatic hydroxyl groups is 1. The van der Waals surface area contributed by atoms with Crippen LogP contribution in [0.1, 0.15) is 44.2 Å². The van der Waals surface area contributed by atoms with Crippen molar-refractivity contribution in [3.05, 3.63) is 35.4 Å². The van der Waals surface area contributed by atoms with Crippen molar-refractivity contribution in [2.24, 2.45) is 0 Å². The van der Waals surface area contributed by atoms with Crippen LogP contribution in [0.25, 0.3) is 0 Å². The molecule has 90 valence electrons. The third-order valence-corrected chi connectivity index (χ3v) is 3.84. The Morgan fingerprint density at radius 2 is 1.88 bits per heavy atom. The fourth-order valence-electron chi connectivity index (χ4n) is 2.04. The first-order chi connectivity index (χ1) is 7.60. The van der Waals surface area contributed by atoms with Gasteiger partial charge in [0.25, 0.3) is 0 Å². The van der Waals surface area contributed by atoms with Crippen molar-refractivity contribution in [2.45, 2.75) is 51.2 Å². The molecule has 0 aliphatic carbocycles. The highest BCUT2D eigenvalue weighted by atomic mass is 28.1. The van der Waals surface area contributed by atoms with E-state index in [1.54, 1.807) is 0 Å². The van der Waals surface area contributed by atoms with Crippen LogP contribution in [0.5, 0.6) is 0 Å². The van der Waals surface area contributed by atoms with E-state index in [1.807, 2.05) is 6.92 Å². The molecule has 0 amide bonds. The maximum absolute atomic E-state index is 10.3. The minimum absolute atomic E-state index is 0.662. The Kier molecular flexibility index (Phi) is 5.23. The first-order valence-electron chi connectivity index (χ1n) is 6.42. The maximum Gasteiger partial charge on any atom is 0.0868 e. The lowest BCUT2D eigenvalue weighted by atomic mass is 9.90. The average molecular weight is 236 g/mol. The van der Waals surface area contributed by atoms with Gasteiger partial charge in [-0.05, 0) is 30.9 Å². The van der Waals surface area contributed by atoms with Crippen molar-refractivity contribution in [3.8, 4) is 0 Å². The van der Waals surface area contributed by atoms with Gasteiger partial charge in [-0.3, -0.25) is 0 Å². The van der Waals surface area contributed by atoms with Crippen molar-refractivity contribution in [1.82, 2.24) is 0 Å². The van der Waals surface area contributed by atoms with Gasteiger partial charge in [-0.2, -0.15) is 0 Å². The van der Waals surface area contributed by atoms with E-state index in [9.17, 15) is 5.11 Å². The third kappa shape index (κ3) is 3.76. The molecule has 0 radical (unpaired) electrons. The Morgan fingerprint density at radius 3 is 2.38 bits per heavy atom. The zero-order chi connectivity index (χ0) is 12.0. The van der Waals surface area contributed by atoms with E-state index in [0.717, 1.165) is 18.4 Å². The number of rotatable bonds is 6. The first-order valence-corrected chi connectivity index (χ1v) is 7.83. The molecule has 1 rings (SSSR count). The monoisotopic (exact) mass is 236 g/mol. The molecule has 1 atom stereocenters. The van der Waals surface area contributed by atoms with Gasteiger partial charge in [-0.25, -0.2) is 0 Å². The van der Waals surface area contributed by atoms with Crippen LogP contribution in [0.3, 0.4) is 0 Å². The molecule has 0 fully saturated rings. The predicted molar refractivity (Wildman–Crippen MR) is 74.0 cm³/mol. The summed E-state index contributed by atoms with van der Waals surface area (Å²) in [6, 6.07) is 9.86. The molecule has 2 heteroatoms. The number of hydrogen-bond acceptors (Lipinski definition) is 1. The van der Waals surface area contributed by atoms with E-state index < -0.39 is 5.60 Å². The van der Waals surface area contributed by atoms with Gasteiger partial charge in [0.15, 0.2) is 0 Å². The summed E-state index contributed by atoms with van der Waals surface area (Å²) in [5, 5.41) is 10.3. The van der Waals surface area contributed by atoms with Crippen molar-refractivity contribution >= 4 is 10.2 Å². The zero-order valence-electron chi connectivity index (χ0n) is 10.8. The summed E-state index contributed by atoms with van der Waals surface area (Å²) >= 11 is 0. The average Bonchev–Trinajstić information content (AvgIpc) is 2.27. The predicted octanol–water partition coefficient (Wildman–Crippen LogP) is 2.41. The van der Waals surface area contributed by atoms with Crippen LogP contribution >= 0.6 is 0 Å². The van der Waals surface area contributed by atoms with Gasteiger partial charge in [-0.1, -0.05) is 50.1 Å². The molecule has 1 aromatic carbocycles. The standard InChI is InChI=1S/C14H24OSi/c1-3-10-14(2,15)13-8-6-12(7-9-13)5-4-11-16/h6-9,15H,3-5,10-11H2,1-2,16H3. The smallest absolute Gasteiger partial charge is 0.0868 e. The van der Waals surface area contributed by atoms with Gasteiger partial charge in [0.05, 0.1) is 5.60 Å². The van der Waals surface area contributed by atoms with Crippen molar-refractivity contribution in [1.29, 1.82) is 0 Å². The molecule has 1 N–H and O–H groups in total. The van der Waals surface area contributed by atoms with E-state index in [-0.39, 0.29) is 0 Å². The van der Waals surface area contributed by atoms with Gasteiger partial charge in [0.2, 0.25) is 0 Å². The minimum Gasteiger partial charge on any atom is -0.385 e. The molecular weight excluding hydrogens is 212 g/mol. The molecular formula is C14H24OSi. The number of aryl methyl sites for hydroxylation is 1. The molecule has 0 saturated heterocycles. The highest BCUT2D eigenvalue weighted by Gasteiger charge is 2.21. The number of benzene rings is 1. The SMILES string of the molecule is CCCC(C)(O)c1ccc(CCC[SiH3])cc1. The Bertz CT molecular complexity index is 303. The summed E-state index contributed by atoms with van der Waals surface area (Å²) < 4.78 is 0. The summed E-state index contributed by atoms with van der Waals surface area (Å²) in [7, 11) is 1.30. The summed E-state index contributed by atoms with van der Waals surface area (Å²) in [6.45, 7) is 4.01. The van der Waals surface area contributed by atoms with Crippen LogP contribution in [0.2, 0.25) is 6.04 Å². The first kappa shape index (κ1) is 13.5. The molecule has 0 aromatic heterocycles. The van der Waals surface area contributed by atoms with E-state index in [2.05, 4.69) is 31.2 Å². The fourth-order valence-corrected chi connectivity index (χ4v) is 2.40. The second kappa shape index (κ2) is 6.21. The lowest BCUT2D eigenvalue weighted by Crippen LogP contribution is -2.20. The maximum atomic E-state index is 10.3. The normalized spacial score (nSPS) is 14.9. The molecule has 0 aliphatic heterocycles. The molecule has 1 unspecified atom stereocenters. The van der Waals surface area contributed by atoms with Gasteiger partial charge in [-0.15, -0.1) is 0 Å². The van der Waals surface area contributed by atoms with E-state index in [0.29, 0.717) is 0 Å². The minimum atomic E-state index is -0.662. The van der Waals surface area contributed by atoms with Gasteiger partial charge < -0.3 is 5.11 Å². The molecule has 16 heavy (non-hydrogen) atoms. The quantitative estimate of drug-likeness (QED) is 0.752. The van der Waals surface area contributed by atoms with Crippen molar-refractivity contribution < 1.29 is 5.11 Å². The molecule has 0 saturated carbocycles. The second-order valence-electron chi connectivity index (χ2n) is 4.82. The topological polar surface area (TPSA) is 20.2 Å². The largest absolute Gasteiger partial charge is 0.385 e. The van der Waals surface area contributed by atoms with Gasteiger partial charge >= 0.3 is 0 Å². The second-order valence-corrected chi connectivity index (χ2v) is 5.82. The Morgan fingerprint density at radius 1 is 1.25 bits per heavy atom. The van der Waals surface area contributed by atoms with Crippen molar-refractivity contribution in [3.63, 3.8) is 0 Å². The molecule has 0 bridgehead atoms. The molecule has 0 aliphatic rings. The lowest BCUT2D eigenvalue weighted by molar-refractivity contribution is 0.0469. The Hall–Kier alpha value is -0.603. The molecule has 1 nitrogen and oxygen atoms in total. The summed E-state index contributed by atoms with van der Waals surface area (Å²) in [5.74, 6) is 0. The van der Waals surface area contributed by atoms with Crippen LogP contribution < -0.4 is 0 Å². The Labute approximate surface area is 102 Å². The zero-order valence-corrected chi connectivity index (χ0v) is 12.8. The molecule has 1 aromatic rings. The van der Waals surface area contributed by atoms with E-state index in [1.165, 1.54) is 34.7 Å². The van der Waals surface area contributed by atoms with E-state index in [4.69, 9.17) is 0 Å². The highest BCUT2D eigenvalue weighted by molar-refractivity contribution is 6.08. The van der Waals surface area contributed by atoms with Crippen LogP contribution in [0.15, 0.2) is 24.3 Å². The summed E-state index contributed by atoms with van der Waals surface area (Å²) in [5.41, 5.74) is 1.78. The van der Waals surface area contributed by atoms with Gasteiger partial charge in [0.1, 0.15) is 0 Å². The Balaban J connectivity index is 2.70. The van der Waals surface area contributed by atoms with E-state index >= 15 is 0 Å². The fraction of sp³-hybridized carbons (Fsp3) is 0.571. The van der Waals surface area contributed by atoms with Crippen molar-refractivity contribution in [2.75, 3.05) is 0 Å². The van der Waals surface area contributed by atoms with Gasteiger partial charge in [0, 0.05) is 10.2 Å². The molecule has 0 heterocycles.